The van der Waals surface area contributed by atoms with Crippen molar-refractivity contribution in [1.82, 2.24) is 10.3 Å². The Morgan fingerprint density at radius 2 is 2.00 bits per heavy atom. The van der Waals surface area contributed by atoms with Gasteiger partial charge in [-0.05, 0) is 24.6 Å². The third-order valence-corrected chi connectivity index (χ3v) is 3.27. The number of alkyl halides is 2. The van der Waals surface area contributed by atoms with Crippen LogP contribution < -0.4 is 10.1 Å². The molecule has 128 valence electrons. The monoisotopic (exact) mass is 336 g/mol. The van der Waals surface area contributed by atoms with Crippen molar-refractivity contribution in [2.75, 3.05) is 13.2 Å². The van der Waals surface area contributed by atoms with Crippen molar-refractivity contribution in [3.63, 3.8) is 0 Å². The Balaban J connectivity index is 1.98. The fourth-order valence-electron chi connectivity index (χ4n) is 2.01. The van der Waals surface area contributed by atoms with Crippen LogP contribution in [0.5, 0.6) is 5.75 Å². The smallest absolute Gasteiger partial charge is 0.273 e. The highest BCUT2D eigenvalue weighted by molar-refractivity contribution is 5.94. The first-order valence-corrected chi connectivity index (χ1v) is 7.36. The number of amides is 1. The van der Waals surface area contributed by atoms with Crippen LogP contribution in [0.1, 0.15) is 27.7 Å². The summed E-state index contributed by atoms with van der Waals surface area (Å²) in [7, 11) is 0. The van der Waals surface area contributed by atoms with Crippen molar-refractivity contribution in [3.8, 4) is 5.75 Å². The number of carbonyl (C=O) groups is 1. The number of nitrogens with zero attached hydrogens (tertiary/aromatic N) is 1. The molecule has 5 nitrogen and oxygen atoms in total. The maximum atomic E-state index is 12.2. The van der Waals surface area contributed by atoms with Crippen LogP contribution >= 0.6 is 0 Å². The van der Waals surface area contributed by atoms with Crippen LogP contribution in [0, 0.1) is 6.92 Å². The average molecular weight is 336 g/mol. The van der Waals surface area contributed by atoms with Crippen LogP contribution in [0.15, 0.2) is 42.6 Å². The van der Waals surface area contributed by atoms with E-state index in [1.807, 2.05) is 19.1 Å². The summed E-state index contributed by atoms with van der Waals surface area (Å²) >= 11 is 0. The molecular weight excluding hydrogens is 318 g/mol. The Bertz CT molecular complexity index is 678. The second-order valence-corrected chi connectivity index (χ2v) is 5.19. The summed E-state index contributed by atoms with van der Waals surface area (Å²) in [6.07, 6.45) is -2.17. The van der Waals surface area contributed by atoms with Gasteiger partial charge in [-0.3, -0.25) is 4.79 Å². The number of benzene rings is 1. The molecule has 1 heterocycles. The average Bonchev–Trinajstić information content (AvgIpc) is 2.58. The molecule has 1 atom stereocenters. The predicted molar refractivity (Wildman–Crippen MR) is 84.2 cm³/mol. The molecule has 0 fully saturated rings. The summed E-state index contributed by atoms with van der Waals surface area (Å²) in [5.41, 5.74) is 1.62. The molecule has 0 bridgehead atoms. The minimum absolute atomic E-state index is 0.0277. The third-order valence-electron chi connectivity index (χ3n) is 3.27. The zero-order valence-electron chi connectivity index (χ0n) is 13.1. The molecule has 0 saturated carbocycles. The van der Waals surface area contributed by atoms with Gasteiger partial charge in [-0.15, -0.1) is 0 Å². The van der Waals surface area contributed by atoms with Gasteiger partial charge in [0.25, 0.3) is 12.3 Å². The number of nitrogens with one attached hydrogen (secondary N) is 1. The molecule has 24 heavy (non-hydrogen) atoms. The highest BCUT2D eigenvalue weighted by Crippen LogP contribution is 2.17. The number of hydrogen-bond donors (Lipinski definition) is 2. The molecule has 0 aliphatic carbocycles. The number of aromatic nitrogens is 1. The summed E-state index contributed by atoms with van der Waals surface area (Å²) in [6.45, 7) is 1.07. The number of ether oxygens (including phenoxy) is 1. The van der Waals surface area contributed by atoms with Gasteiger partial charge >= 0.3 is 0 Å². The third kappa shape index (κ3) is 4.99. The molecule has 7 heteroatoms. The summed E-state index contributed by atoms with van der Waals surface area (Å²) < 4.78 is 29.4. The van der Waals surface area contributed by atoms with Crippen molar-refractivity contribution >= 4 is 5.91 Å². The first-order chi connectivity index (χ1) is 11.5. The lowest BCUT2D eigenvalue weighted by Crippen LogP contribution is -2.29. The van der Waals surface area contributed by atoms with E-state index in [2.05, 4.69) is 10.3 Å². The lowest BCUT2D eigenvalue weighted by molar-refractivity contribution is 0.0785. The van der Waals surface area contributed by atoms with E-state index in [9.17, 15) is 18.7 Å². The fourth-order valence-corrected chi connectivity index (χ4v) is 2.01. The Morgan fingerprint density at radius 1 is 1.29 bits per heavy atom. The van der Waals surface area contributed by atoms with E-state index in [4.69, 9.17) is 4.74 Å². The first-order valence-electron chi connectivity index (χ1n) is 7.36. The summed E-state index contributed by atoms with van der Waals surface area (Å²) in [5.74, 6) is -0.633. The second kappa shape index (κ2) is 8.35. The van der Waals surface area contributed by atoms with E-state index in [0.717, 1.165) is 5.56 Å². The zero-order chi connectivity index (χ0) is 17.5. The molecule has 1 amide bonds. The maximum Gasteiger partial charge on any atom is 0.273 e. The van der Waals surface area contributed by atoms with Crippen LogP contribution in [0.3, 0.4) is 0 Å². The molecule has 2 aromatic rings. The van der Waals surface area contributed by atoms with Gasteiger partial charge in [-0.1, -0.05) is 29.8 Å². The lowest BCUT2D eigenvalue weighted by Gasteiger charge is -2.14. The minimum atomic E-state index is -2.65. The van der Waals surface area contributed by atoms with Crippen LogP contribution in [0.25, 0.3) is 0 Å². The fraction of sp³-hybridized carbons (Fsp3) is 0.294. The molecule has 2 N–H and O–H groups in total. The predicted octanol–water partition coefficient (Wildman–Crippen LogP) is 2.50. The van der Waals surface area contributed by atoms with Crippen molar-refractivity contribution in [3.05, 3.63) is 59.4 Å². The molecule has 0 aliphatic rings. The van der Waals surface area contributed by atoms with E-state index in [1.54, 1.807) is 12.1 Å². The highest BCUT2D eigenvalue weighted by Gasteiger charge is 2.17. The Morgan fingerprint density at radius 3 is 2.67 bits per heavy atom. The van der Waals surface area contributed by atoms with E-state index in [1.165, 1.54) is 18.3 Å². The molecule has 2 rings (SSSR count). The topological polar surface area (TPSA) is 71.5 Å². The Hall–Kier alpha value is -2.54. The second-order valence-electron chi connectivity index (χ2n) is 5.19. The van der Waals surface area contributed by atoms with Gasteiger partial charge in [0.2, 0.25) is 0 Å². The van der Waals surface area contributed by atoms with Gasteiger partial charge in [0.05, 0.1) is 6.10 Å². The maximum absolute atomic E-state index is 12.2. The van der Waals surface area contributed by atoms with Gasteiger partial charge in [0.15, 0.2) is 11.4 Å². The van der Waals surface area contributed by atoms with E-state index in [0.29, 0.717) is 5.56 Å². The number of halogens is 2. The molecule has 1 aromatic carbocycles. The molecule has 0 unspecified atom stereocenters. The SMILES string of the molecule is Cc1ccc([C@@H](O)CNC(=O)c2ncccc2OCC(F)F)cc1. The Labute approximate surface area is 138 Å². The largest absolute Gasteiger partial charge is 0.485 e. The molecule has 1 aromatic heterocycles. The molecular formula is C17H18F2N2O3. The number of aliphatic hydroxyl groups is 1. The number of aliphatic hydroxyl groups excluding tert-OH is 1. The van der Waals surface area contributed by atoms with Crippen molar-refractivity contribution in [2.24, 2.45) is 0 Å². The van der Waals surface area contributed by atoms with Gasteiger partial charge in [-0.2, -0.15) is 0 Å². The van der Waals surface area contributed by atoms with Crippen LogP contribution in [-0.4, -0.2) is 35.6 Å². The van der Waals surface area contributed by atoms with Gasteiger partial charge in [-0.25, -0.2) is 13.8 Å². The van der Waals surface area contributed by atoms with Crippen molar-refractivity contribution in [1.29, 1.82) is 0 Å². The van der Waals surface area contributed by atoms with Crippen molar-refractivity contribution in [2.45, 2.75) is 19.5 Å². The summed E-state index contributed by atoms with van der Waals surface area (Å²) in [5, 5.41) is 12.6. The number of carbonyl (C=O) groups excluding carboxylic acids is 1. The lowest BCUT2D eigenvalue weighted by atomic mass is 10.1. The number of pyridine rings is 1. The molecule has 0 aliphatic heterocycles. The van der Waals surface area contributed by atoms with Crippen molar-refractivity contribution < 1.29 is 23.4 Å². The van der Waals surface area contributed by atoms with Crippen LogP contribution in [-0.2, 0) is 0 Å². The van der Waals surface area contributed by atoms with Crippen LogP contribution in [0.2, 0.25) is 0 Å². The van der Waals surface area contributed by atoms with Crippen LogP contribution in [0.4, 0.5) is 8.78 Å². The normalized spacial score (nSPS) is 12.0. The minimum Gasteiger partial charge on any atom is -0.485 e. The van der Waals surface area contributed by atoms with E-state index in [-0.39, 0.29) is 18.0 Å². The van der Waals surface area contributed by atoms with Gasteiger partial charge in [0.1, 0.15) is 6.61 Å². The quantitative estimate of drug-likeness (QED) is 0.815. The number of aryl methyl sites for hydroxylation is 1. The Kier molecular flexibility index (Phi) is 6.20. The molecule has 0 saturated heterocycles. The molecule has 0 radical (unpaired) electrons. The number of rotatable bonds is 7. The zero-order valence-corrected chi connectivity index (χ0v) is 13.1. The highest BCUT2D eigenvalue weighted by atomic mass is 19.3. The van der Waals surface area contributed by atoms with Gasteiger partial charge < -0.3 is 15.2 Å². The molecule has 0 spiro atoms. The summed E-state index contributed by atoms with van der Waals surface area (Å²) in [4.78, 5) is 16.0. The first kappa shape index (κ1) is 17.8. The van der Waals surface area contributed by atoms with E-state index >= 15 is 0 Å². The van der Waals surface area contributed by atoms with E-state index < -0.39 is 25.0 Å². The number of hydrogen-bond acceptors (Lipinski definition) is 4. The summed E-state index contributed by atoms with van der Waals surface area (Å²) in [6, 6.07) is 10.1. The standard InChI is InChI=1S/C17H18F2N2O3/c1-11-4-6-12(7-5-11)13(22)9-21-17(23)16-14(3-2-8-20-16)24-10-15(18)19/h2-8,13,15,22H,9-10H2,1H3,(H,21,23)/t13-/m0/s1. The van der Waals surface area contributed by atoms with Gasteiger partial charge in [0, 0.05) is 12.7 Å².